The summed E-state index contributed by atoms with van der Waals surface area (Å²) in [6.07, 6.45) is 2.62. The van der Waals surface area contributed by atoms with E-state index >= 15 is 0 Å². The molecule has 7 nitrogen and oxygen atoms in total. The highest BCUT2D eigenvalue weighted by molar-refractivity contribution is 6.04. The van der Waals surface area contributed by atoms with Crippen LogP contribution in [0.3, 0.4) is 0 Å². The maximum Gasteiger partial charge on any atom is 0.263 e. The predicted molar refractivity (Wildman–Crippen MR) is 126 cm³/mol. The SMILES string of the molecule is Cc1nc(C2CCN(C(=O)C(C)Oc3ccccc3)CC2)ncc1C(=O)Nc1ccccc1. The zero-order chi connectivity index (χ0) is 23.2. The monoisotopic (exact) mass is 444 g/mol. The van der Waals surface area contributed by atoms with Crippen LogP contribution in [0.1, 0.15) is 47.6 Å². The van der Waals surface area contributed by atoms with Crippen LogP contribution in [0, 0.1) is 6.92 Å². The molecule has 1 fully saturated rings. The van der Waals surface area contributed by atoms with E-state index in [0.717, 1.165) is 24.4 Å². The van der Waals surface area contributed by atoms with Crippen LogP contribution in [0.5, 0.6) is 5.75 Å². The van der Waals surface area contributed by atoms with Crippen molar-refractivity contribution >= 4 is 17.5 Å². The number of aryl methyl sites for hydroxylation is 1. The first kappa shape index (κ1) is 22.5. The second kappa shape index (κ2) is 10.3. The van der Waals surface area contributed by atoms with Gasteiger partial charge in [-0.25, -0.2) is 9.97 Å². The maximum absolute atomic E-state index is 12.8. The van der Waals surface area contributed by atoms with Crippen molar-refractivity contribution in [2.75, 3.05) is 18.4 Å². The van der Waals surface area contributed by atoms with E-state index in [1.165, 1.54) is 0 Å². The number of piperidine rings is 1. The van der Waals surface area contributed by atoms with Crippen LogP contribution in [0.15, 0.2) is 66.9 Å². The molecule has 33 heavy (non-hydrogen) atoms. The summed E-state index contributed by atoms with van der Waals surface area (Å²) in [4.78, 5) is 36.3. The number of ether oxygens (including phenoxy) is 1. The molecule has 3 aromatic rings. The first-order valence-corrected chi connectivity index (χ1v) is 11.2. The van der Waals surface area contributed by atoms with Crippen LogP contribution < -0.4 is 10.1 Å². The third-order valence-corrected chi connectivity index (χ3v) is 5.85. The zero-order valence-electron chi connectivity index (χ0n) is 18.9. The lowest BCUT2D eigenvalue weighted by Gasteiger charge is -2.33. The molecule has 0 saturated carbocycles. The van der Waals surface area contributed by atoms with Crippen LogP contribution in [-0.2, 0) is 4.79 Å². The number of nitrogens with one attached hydrogen (secondary N) is 1. The number of amides is 2. The first-order valence-electron chi connectivity index (χ1n) is 11.2. The van der Waals surface area contributed by atoms with Crippen LogP contribution >= 0.6 is 0 Å². The first-order chi connectivity index (χ1) is 16.0. The summed E-state index contributed by atoms with van der Waals surface area (Å²) >= 11 is 0. The van der Waals surface area contributed by atoms with Gasteiger partial charge in [-0.1, -0.05) is 36.4 Å². The van der Waals surface area contributed by atoms with Gasteiger partial charge in [0, 0.05) is 30.9 Å². The van der Waals surface area contributed by atoms with E-state index < -0.39 is 6.10 Å². The number of nitrogens with zero attached hydrogens (tertiary/aromatic N) is 3. The molecule has 1 aromatic heterocycles. The van der Waals surface area contributed by atoms with Gasteiger partial charge in [0.25, 0.3) is 11.8 Å². The number of para-hydroxylation sites is 2. The van der Waals surface area contributed by atoms with Crippen molar-refractivity contribution in [3.05, 3.63) is 83.9 Å². The fourth-order valence-electron chi connectivity index (χ4n) is 3.99. The summed E-state index contributed by atoms with van der Waals surface area (Å²) in [5, 5.41) is 2.87. The number of benzene rings is 2. The molecular weight excluding hydrogens is 416 g/mol. The molecule has 1 unspecified atom stereocenters. The van der Waals surface area contributed by atoms with Crippen molar-refractivity contribution in [1.82, 2.24) is 14.9 Å². The highest BCUT2D eigenvalue weighted by Gasteiger charge is 2.29. The molecule has 0 aliphatic carbocycles. The molecule has 0 spiro atoms. The third kappa shape index (κ3) is 5.55. The van der Waals surface area contributed by atoms with Gasteiger partial charge in [-0.2, -0.15) is 0 Å². The minimum atomic E-state index is -0.537. The Morgan fingerprint density at radius 1 is 1.03 bits per heavy atom. The lowest BCUT2D eigenvalue weighted by atomic mass is 9.95. The number of anilines is 1. The summed E-state index contributed by atoms with van der Waals surface area (Å²) in [6.45, 7) is 4.87. The summed E-state index contributed by atoms with van der Waals surface area (Å²) in [7, 11) is 0. The average Bonchev–Trinajstić information content (AvgIpc) is 2.84. The van der Waals surface area contributed by atoms with E-state index in [-0.39, 0.29) is 17.7 Å². The Kier molecular flexibility index (Phi) is 6.98. The highest BCUT2D eigenvalue weighted by Crippen LogP contribution is 2.27. The van der Waals surface area contributed by atoms with Gasteiger partial charge in [-0.15, -0.1) is 0 Å². The number of hydrogen-bond donors (Lipinski definition) is 1. The third-order valence-electron chi connectivity index (χ3n) is 5.85. The smallest absolute Gasteiger partial charge is 0.263 e. The topological polar surface area (TPSA) is 84.4 Å². The Balaban J connectivity index is 1.33. The van der Waals surface area contributed by atoms with Crippen molar-refractivity contribution in [2.24, 2.45) is 0 Å². The summed E-state index contributed by atoms with van der Waals surface area (Å²) < 4.78 is 5.78. The fraction of sp³-hybridized carbons (Fsp3) is 0.308. The van der Waals surface area contributed by atoms with E-state index in [2.05, 4.69) is 15.3 Å². The Labute approximate surface area is 193 Å². The molecule has 2 heterocycles. The van der Waals surface area contributed by atoms with Gasteiger partial charge in [0.2, 0.25) is 0 Å². The van der Waals surface area contributed by atoms with E-state index in [1.54, 1.807) is 13.1 Å². The van der Waals surface area contributed by atoms with Crippen molar-refractivity contribution in [2.45, 2.75) is 38.7 Å². The Hall–Kier alpha value is -3.74. The zero-order valence-corrected chi connectivity index (χ0v) is 18.9. The average molecular weight is 445 g/mol. The molecular formula is C26H28N4O3. The number of aromatic nitrogens is 2. The van der Waals surface area contributed by atoms with Gasteiger partial charge in [0.1, 0.15) is 11.6 Å². The Morgan fingerprint density at radius 3 is 2.30 bits per heavy atom. The molecule has 1 N–H and O–H groups in total. The van der Waals surface area contributed by atoms with E-state index in [4.69, 9.17) is 4.74 Å². The Morgan fingerprint density at radius 2 is 1.67 bits per heavy atom. The number of hydrogen-bond acceptors (Lipinski definition) is 5. The van der Waals surface area contributed by atoms with E-state index in [0.29, 0.717) is 30.1 Å². The molecule has 4 rings (SSSR count). The van der Waals surface area contributed by atoms with Crippen LogP contribution in [0.2, 0.25) is 0 Å². The standard InChI is InChI=1S/C26H28N4O3/c1-18-23(25(31)29-21-9-5-3-6-10-21)17-27-24(28-18)20-13-15-30(16-14-20)26(32)19(2)33-22-11-7-4-8-12-22/h3-12,17,19-20H,13-16H2,1-2H3,(H,29,31). The quantitative estimate of drug-likeness (QED) is 0.616. The minimum Gasteiger partial charge on any atom is -0.481 e. The molecule has 0 bridgehead atoms. The van der Waals surface area contributed by atoms with Gasteiger partial charge < -0.3 is 15.0 Å². The molecule has 1 atom stereocenters. The number of carbonyl (C=O) groups is 2. The van der Waals surface area contributed by atoms with Gasteiger partial charge in [0.05, 0.1) is 11.3 Å². The van der Waals surface area contributed by atoms with Gasteiger partial charge in [-0.05, 0) is 51.0 Å². The predicted octanol–water partition coefficient (Wildman–Crippen LogP) is 4.21. The second-order valence-electron chi connectivity index (χ2n) is 8.22. The van der Waals surface area contributed by atoms with Crippen molar-refractivity contribution < 1.29 is 14.3 Å². The van der Waals surface area contributed by atoms with E-state index in [9.17, 15) is 9.59 Å². The molecule has 2 amide bonds. The largest absolute Gasteiger partial charge is 0.481 e. The number of rotatable bonds is 6. The van der Waals surface area contributed by atoms with Crippen LogP contribution in [0.4, 0.5) is 5.69 Å². The number of carbonyl (C=O) groups excluding carboxylic acids is 2. The van der Waals surface area contributed by atoms with Gasteiger partial charge in [0.15, 0.2) is 6.10 Å². The van der Waals surface area contributed by atoms with Crippen molar-refractivity contribution in [3.63, 3.8) is 0 Å². The second-order valence-corrected chi connectivity index (χ2v) is 8.22. The lowest BCUT2D eigenvalue weighted by Crippen LogP contribution is -2.44. The lowest BCUT2D eigenvalue weighted by molar-refractivity contribution is -0.139. The minimum absolute atomic E-state index is 0.0117. The molecule has 7 heteroatoms. The Bertz CT molecular complexity index is 1100. The van der Waals surface area contributed by atoms with Crippen molar-refractivity contribution in [3.8, 4) is 5.75 Å². The molecule has 1 aliphatic heterocycles. The summed E-state index contributed by atoms with van der Waals surface area (Å²) in [5.74, 6) is 1.34. The van der Waals surface area contributed by atoms with Gasteiger partial charge >= 0.3 is 0 Å². The molecule has 1 aliphatic rings. The molecule has 2 aromatic carbocycles. The van der Waals surface area contributed by atoms with Crippen LogP contribution in [0.25, 0.3) is 0 Å². The van der Waals surface area contributed by atoms with Crippen LogP contribution in [-0.4, -0.2) is 45.9 Å². The molecule has 1 saturated heterocycles. The van der Waals surface area contributed by atoms with E-state index in [1.807, 2.05) is 72.5 Å². The number of likely N-dealkylation sites (tertiary alicyclic amines) is 1. The molecule has 170 valence electrons. The fourth-order valence-corrected chi connectivity index (χ4v) is 3.99. The highest BCUT2D eigenvalue weighted by atomic mass is 16.5. The van der Waals surface area contributed by atoms with Gasteiger partial charge in [-0.3, -0.25) is 9.59 Å². The normalized spacial score (nSPS) is 15.0. The van der Waals surface area contributed by atoms with Crippen molar-refractivity contribution in [1.29, 1.82) is 0 Å². The summed E-state index contributed by atoms with van der Waals surface area (Å²) in [5.41, 5.74) is 1.84. The maximum atomic E-state index is 12.8. The molecule has 0 radical (unpaired) electrons. The summed E-state index contributed by atoms with van der Waals surface area (Å²) in [6, 6.07) is 18.7.